The van der Waals surface area contributed by atoms with Crippen LogP contribution in [0.2, 0.25) is 0 Å². The third kappa shape index (κ3) is 2.52. The van der Waals surface area contributed by atoms with E-state index in [4.69, 9.17) is 9.47 Å². The van der Waals surface area contributed by atoms with Gasteiger partial charge in [-0.05, 0) is 23.8 Å². The molecule has 0 bridgehead atoms. The van der Waals surface area contributed by atoms with Gasteiger partial charge >= 0.3 is 0 Å². The molecule has 0 radical (unpaired) electrons. The first-order valence-corrected chi connectivity index (χ1v) is 7.24. The van der Waals surface area contributed by atoms with Crippen LogP contribution in [0.5, 0.6) is 11.5 Å². The summed E-state index contributed by atoms with van der Waals surface area (Å²) in [5, 5.41) is 0.471. The first-order valence-electron chi connectivity index (χ1n) is 7.24. The zero-order valence-electron chi connectivity index (χ0n) is 12.2. The second-order valence-corrected chi connectivity index (χ2v) is 5.32. The van der Waals surface area contributed by atoms with Crippen LogP contribution in [0.4, 0.5) is 4.39 Å². The van der Waals surface area contributed by atoms with Gasteiger partial charge in [0.25, 0.3) is 5.56 Å². The molecule has 1 aromatic heterocycles. The maximum atomic E-state index is 13.0. The largest absolute Gasteiger partial charge is 0.486 e. The molecular formula is C17H13FN2O3. The Morgan fingerprint density at radius 2 is 1.78 bits per heavy atom. The normalized spacial score (nSPS) is 13.3. The number of hydrogen-bond donors (Lipinski definition) is 0. The molecule has 2 aromatic carbocycles. The van der Waals surface area contributed by atoms with E-state index in [1.54, 1.807) is 24.3 Å². The minimum absolute atomic E-state index is 0.170. The van der Waals surface area contributed by atoms with E-state index in [1.165, 1.54) is 23.0 Å². The Morgan fingerprint density at radius 3 is 2.52 bits per heavy atom. The van der Waals surface area contributed by atoms with Crippen molar-refractivity contribution in [2.45, 2.75) is 6.54 Å². The highest BCUT2D eigenvalue weighted by atomic mass is 19.1. The van der Waals surface area contributed by atoms with Crippen LogP contribution in [-0.2, 0) is 6.54 Å². The van der Waals surface area contributed by atoms with Crippen molar-refractivity contribution in [2.24, 2.45) is 0 Å². The molecule has 0 amide bonds. The van der Waals surface area contributed by atoms with Crippen LogP contribution in [0.15, 0.2) is 47.5 Å². The summed E-state index contributed by atoms with van der Waals surface area (Å²) in [5.41, 5.74) is 1.22. The topological polar surface area (TPSA) is 53.4 Å². The molecule has 5 nitrogen and oxygen atoms in total. The van der Waals surface area contributed by atoms with Crippen molar-refractivity contribution in [2.75, 3.05) is 13.2 Å². The summed E-state index contributed by atoms with van der Waals surface area (Å²) < 4.78 is 25.5. The van der Waals surface area contributed by atoms with Gasteiger partial charge in [-0.1, -0.05) is 12.1 Å². The number of nitrogens with zero attached hydrogens (tertiary/aromatic N) is 2. The molecule has 0 saturated heterocycles. The van der Waals surface area contributed by atoms with E-state index in [1.807, 2.05) is 0 Å². The van der Waals surface area contributed by atoms with Gasteiger partial charge in [0.15, 0.2) is 11.5 Å². The van der Waals surface area contributed by atoms with Crippen molar-refractivity contribution < 1.29 is 13.9 Å². The van der Waals surface area contributed by atoms with Crippen LogP contribution < -0.4 is 15.0 Å². The van der Waals surface area contributed by atoms with Crippen LogP contribution in [0.25, 0.3) is 10.9 Å². The molecule has 0 fully saturated rings. The third-order valence-electron chi connectivity index (χ3n) is 3.75. The molecule has 0 spiro atoms. The Kier molecular flexibility index (Phi) is 3.22. The number of halogens is 1. The molecule has 0 N–H and O–H groups in total. The monoisotopic (exact) mass is 312 g/mol. The highest BCUT2D eigenvalue weighted by Gasteiger charge is 2.15. The van der Waals surface area contributed by atoms with Crippen molar-refractivity contribution in [1.29, 1.82) is 0 Å². The summed E-state index contributed by atoms with van der Waals surface area (Å²) in [7, 11) is 0. The lowest BCUT2D eigenvalue weighted by molar-refractivity contribution is 0.172. The SMILES string of the molecule is O=c1c2cc3c(cc2ncn1Cc1ccc(F)cc1)OCCO3. The maximum Gasteiger partial charge on any atom is 0.261 e. The van der Waals surface area contributed by atoms with Crippen molar-refractivity contribution in [1.82, 2.24) is 9.55 Å². The zero-order chi connectivity index (χ0) is 15.8. The fraction of sp³-hybridized carbons (Fsp3) is 0.176. The number of fused-ring (bicyclic) bond motifs is 2. The lowest BCUT2D eigenvalue weighted by Crippen LogP contribution is -2.22. The molecule has 1 aliphatic rings. The van der Waals surface area contributed by atoms with Crippen LogP contribution >= 0.6 is 0 Å². The Balaban J connectivity index is 1.78. The van der Waals surface area contributed by atoms with E-state index >= 15 is 0 Å². The molecule has 0 aliphatic carbocycles. The van der Waals surface area contributed by atoms with Crippen LogP contribution in [-0.4, -0.2) is 22.8 Å². The molecule has 116 valence electrons. The molecular weight excluding hydrogens is 299 g/mol. The summed E-state index contributed by atoms with van der Waals surface area (Å²) in [4.78, 5) is 17.0. The summed E-state index contributed by atoms with van der Waals surface area (Å²) in [6, 6.07) is 9.42. The van der Waals surface area contributed by atoms with Crippen LogP contribution in [0.1, 0.15) is 5.56 Å². The van der Waals surface area contributed by atoms with E-state index in [9.17, 15) is 9.18 Å². The quantitative estimate of drug-likeness (QED) is 0.729. The average molecular weight is 312 g/mol. The van der Waals surface area contributed by atoms with Gasteiger partial charge in [0.2, 0.25) is 0 Å². The van der Waals surface area contributed by atoms with Gasteiger partial charge in [-0.15, -0.1) is 0 Å². The van der Waals surface area contributed by atoms with E-state index < -0.39 is 0 Å². The number of rotatable bonds is 2. The summed E-state index contributed by atoms with van der Waals surface area (Å²) >= 11 is 0. The smallest absolute Gasteiger partial charge is 0.261 e. The molecule has 4 rings (SSSR count). The molecule has 1 aliphatic heterocycles. The van der Waals surface area contributed by atoms with Crippen molar-refractivity contribution in [3.63, 3.8) is 0 Å². The highest BCUT2D eigenvalue weighted by molar-refractivity contribution is 5.81. The van der Waals surface area contributed by atoms with E-state index in [2.05, 4.69) is 4.98 Å². The molecule has 0 saturated carbocycles. The van der Waals surface area contributed by atoms with Crippen LogP contribution in [0, 0.1) is 5.82 Å². The molecule has 0 unspecified atom stereocenters. The summed E-state index contributed by atoms with van der Waals surface area (Å²) in [6.45, 7) is 1.28. The second-order valence-electron chi connectivity index (χ2n) is 5.32. The first-order chi connectivity index (χ1) is 11.2. The summed E-state index contributed by atoms with van der Waals surface area (Å²) in [6.07, 6.45) is 1.49. The molecule has 2 heterocycles. The Morgan fingerprint density at radius 1 is 1.09 bits per heavy atom. The maximum absolute atomic E-state index is 13.0. The van der Waals surface area contributed by atoms with Crippen molar-refractivity contribution >= 4 is 10.9 Å². The number of aromatic nitrogens is 2. The molecule has 6 heteroatoms. The first kappa shape index (κ1) is 13.8. The average Bonchev–Trinajstić information content (AvgIpc) is 2.58. The standard InChI is InChI=1S/C17H13FN2O3/c18-12-3-1-11(2-4-12)9-20-10-19-14-8-16-15(22-5-6-23-16)7-13(14)17(20)21/h1-4,7-8,10H,5-6,9H2. The fourth-order valence-corrected chi connectivity index (χ4v) is 2.59. The second kappa shape index (κ2) is 5.39. The number of hydrogen-bond acceptors (Lipinski definition) is 4. The van der Waals surface area contributed by atoms with Gasteiger partial charge in [0.1, 0.15) is 19.0 Å². The number of ether oxygens (including phenoxy) is 2. The highest BCUT2D eigenvalue weighted by Crippen LogP contribution is 2.32. The van der Waals surface area contributed by atoms with E-state index in [0.717, 1.165) is 5.56 Å². The Hall–Kier alpha value is -2.89. The van der Waals surface area contributed by atoms with E-state index in [0.29, 0.717) is 42.2 Å². The van der Waals surface area contributed by atoms with Gasteiger partial charge in [0, 0.05) is 6.07 Å². The van der Waals surface area contributed by atoms with Gasteiger partial charge in [-0.25, -0.2) is 9.37 Å². The van der Waals surface area contributed by atoms with Crippen molar-refractivity contribution in [3.05, 3.63) is 64.5 Å². The van der Waals surface area contributed by atoms with E-state index in [-0.39, 0.29) is 11.4 Å². The predicted molar refractivity (Wildman–Crippen MR) is 82.5 cm³/mol. The fourth-order valence-electron chi connectivity index (χ4n) is 2.59. The number of benzene rings is 2. The van der Waals surface area contributed by atoms with Gasteiger partial charge in [-0.2, -0.15) is 0 Å². The third-order valence-corrected chi connectivity index (χ3v) is 3.75. The molecule has 0 atom stereocenters. The minimum atomic E-state index is -0.304. The molecule has 3 aromatic rings. The van der Waals surface area contributed by atoms with Gasteiger partial charge < -0.3 is 9.47 Å². The molecule has 23 heavy (non-hydrogen) atoms. The van der Waals surface area contributed by atoms with Gasteiger partial charge in [-0.3, -0.25) is 9.36 Å². The minimum Gasteiger partial charge on any atom is -0.486 e. The zero-order valence-corrected chi connectivity index (χ0v) is 12.2. The summed E-state index contributed by atoms with van der Waals surface area (Å²) in [5.74, 6) is 0.857. The lowest BCUT2D eigenvalue weighted by atomic mass is 10.2. The lowest BCUT2D eigenvalue weighted by Gasteiger charge is -2.18. The predicted octanol–water partition coefficient (Wildman–Crippen LogP) is 2.36. The van der Waals surface area contributed by atoms with Gasteiger partial charge in [0.05, 0.1) is 23.8 Å². The Bertz CT molecular complexity index is 935. The Labute approximate surface area is 130 Å². The van der Waals surface area contributed by atoms with Crippen LogP contribution in [0.3, 0.4) is 0 Å². The van der Waals surface area contributed by atoms with Crippen molar-refractivity contribution in [3.8, 4) is 11.5 Å².